The highest BCUT2D eigenvalue weighted by atomic mass is 16.7. The van der Waals surface area contributed by atoms with Gasteiger partial charge in [-0.05, 0) is 5.56 Å². The number of likely N-dealkylation sites (tertiary alicyclic amines) is 1. The molecular weight excluding hydrogens is 302 g/mol. The van der Waals surface area contributed by atoms with E-state index in [1.807, 2.05) is 30.3 Å². The van der Waals surface area contributed by atoms with Crippen LogP contribution in [-0.2, 0) is 25.6 Å². The molecule has 1 N–H and O–H groups in total. The average Bonchev–Trinajstić information content (AvgIpc) is 3.00. The van der Waals surface area contributed by atoms with Crippen molar-refractivity contribution in [2.45, 2.75) is 12.9 Å². The summed E-state index contributed by atoms with van der Waals surface area (Å²) in [5.41, 5.74) is 0.873. The Balaban J connectivity index is 1.97. The van der Waals surface area contributed by atoms with Gasteiger partial charge in [0.15, 0.2) is 6.29 Å². The van der Waals surface area contributed by atoms with Gasteiger partial charge in [0.25, 0.3) is 0 Å². The third kappa shape index (κ3) is 4.20. The zero-order chi connectivity index (χ0) is 16.8. The van der Waals surface area contributed by atoms with Crippen LogP contribution in [0.5, 0.6) is 0 Å². The zero-order valence-electron chi connectivity index (χ0n) is 13.2. The van der Waals surface area contributed by atoms with Crippen LogP contribution in [0.1, 0.15) is 5.56 Å². The first-order valence-corrected chi connectivity index (χ1v) is 7.30. The van der Waals surface area contributed by atoms with E-state index in [2.05, 4.69) is 0 Å². The van der Waals surface area contributed by atoms with Crippen LogP contribution in [0.2, 0.25) is 0 Å². The lowest BCUT2D eigenvalue weighted by molar-refractivity contribution is -0.161. The SMILES string of the molecule is COC(OC)[C@@H]1CN(C(=O)OCc2ccccc2)C[C@H]1C(=O)O. The second-order valence-corrected chi connectivity index (χ2v) is 5.39. The molecule has 2 atom stereocenters. The van der Waals surface area contributed by atoms with E-state index in [9.17, 15) is 14.7 Å². The van der Waals surface area contributed by atoms with Crippen LogP contribution in [0.25, 0.3) is 0 Å². The quantitative estimate of drug-likeness (QED) is 0.800. The molecule has 0 saturated carbocycles. The molecule has 0 bridgehead atoms. The lowest BCUT2D eigenvalue weighted by atomic mass is 9.95. The fraction of sp³-hybridized carbons (Fsp3) is 0.500. The average molecular weight is 323 g/mol. The van der Waals surface area contributed by atoms with Gasteiger partial charge in [-0.2, -0.15) is 0 Å². The standard InChI is InChI=1S/C16H21NO6/c1-21-15(22-2)13-9-17(8-12(13)14(18)19)16(20)23-10-11-6-4-3-5-7-11/h3-7,12-13,15H,8-10H2,1-2H3,(H,18,19)/t12-,13-/m1/s1. The molecule has 1 fully saturated rings. The van der Waals surface area contributed by atoms with Gasteiger partial charge in [-0.15, -0.1) is 0 Å². The van der Waals surface area contributed by atoms with E-state index in [1.54, 1.807) is 0 Å². The number of carboxylic acid groups (broad SMARTS) is 1. The highest BCUT2D eigenvalue weighted by Gasteiger charge is 2.44. The summed E-state index contributed by atoms with van der Waals surface area (Å²) >= 11 is 0. The lowest BCUT2D eigenvalue weighted by Crippen LogP contribution is -2.34. The fourth-order valence-corrected chi connectivity index (χ4v) is 2.77. The number of benzene rings is 1. The van der Waals surface area contributed by atoms with Crippen molar-refractivity contribution in [3.63, 3.8) is 0 Å². The van der Waals surface area contributed by atoms with E-state index in [-0.39, 0.29) is 19.7 Å². The van der Waals surface area contributed by atoms with Crippen LogP contribution in [0, 0.1) is 11.8 Å². The largest absolute Gasteiger partial charge is 0.481 e. The molecule has 0 radical (unpaired) electrons. The van der Waals surface area contributed by atoms with Crippen LogP contribution < -0.4 is 0 Å². The summed E-state index contributed by atoms with van der Waals surface area (Å²) in [5.74, 6) is -2.16. The van der Waals surface area contributed by atoms with Gasteiger partial charge in [-0.3, -0.25) is 4.79 Å². The van der Waals surface area contributed by atoms with Crippen LogP contribution in [0.15, 0.2) is 30.3 Å². The normalized spacial score (nSPS) is 20.7. The maximum absolute atomic E-state index is 12.2. The first-order chi connectivity index (χ1) is 11.1. The Bertz CT molecular complexity index is 531. The van der Waals surface area contributed by atoms with Crippen LogP contribution in [0.4, 0.5) is 4.79 Å². The Morgan fingerprint density at radius 3 is 2.43 bits per heavy atom. The number of rotatable bonds is 6. The van der Waals surface area contributed by atoms with Crippen LogP contribution >= 0.6 is 0 Å². The lowest BCUT2D eigenvalue weighted by Gasteiger charge is -2.23. The number of amides is 1. The molecule has 1 saturated heterocycles. The summed E-state index contributed by atoms with van der Waals surface area (Å²) in [6.07, 6.45) is -1.21. The smallest absolute Gasteiger partial charge is 0.410 e. The fourth-order valence-electron chi connectivity index (χ4n) is 2.77. The Labute approximate surface area is 134 Å². The van der Waals surface area contributed by atoms with Crippen molar-refractivity contribution in [3.05, 3.63) is 35.9 Å². The van der Waals surface area contributed by atoms with Gasteiger partial charge in [-0.1, -0.05) is 30.3 Å². The molecule has 1 aromatic rings. The van der Waals surface area contributed by atoms with Crippen molar-refractivity contribution >= 4 is 12.1 Å². The Kier molecular flexibility index (Phi) is 5.95. The molecule has 0 unspecified atom stereocenters. The van der Waals surface area contributed by atoms with Gasteiger partial charge >= 0.3 is 12.1 Å². The van der Waals surface area contributed by atoms with Crippen molar-refractivity contribution in [3.8, 4) is 0 Å². The van der Waals surface area contributed by atoms with Gasteiger partial charge in [0.05, 0.1) is 5.92 Å². The van der Waals surface area contributed by atoms with E-state index in [4.69, 9.17) is 14.2 Å². The Hall–Kier alpha value is -2.12. The van der Waals surface area contributed by atoms with E-state index in [0.29, 0.717) is 0 Å². The number of carbonyl (C=O) groups is 2. The van der Waals surface area contributed by atoms with E-state index in [1.165, 1.54) is 19.1 Å². The van der Waals surface area contributed by atoms with Crippen molar-refractivity contribution in [1.82, 2.24) is 4.90 Å². The first kappa shape index (κ1) is 17.2. The highest BCUT2D eigenvalue weighted by Crippen LogP contribution is 2.29. The molecule has 1 aromatic carbocycles. The topological polar surface area (TPSA) is 85.3 Å². The number of aliphatic carboxylic acids is 1. The summed E-state index contributed by atoms with van der Waals surface area (Å²) in [4.78, 5) is 25.0. The summed E-state index contributed by atoms with van der Waals surface area (Å²) in [6, 6.07) is 9.30. The number of hydrogen-bond donors (Lipinski definition) is 1. The third-order valence-electron chi connectivity index (χ3n) is 3.96. The molecule has 0 spiro atoms. The second kappa shape index (κ2) is 7.94. The second-order valence-electron chi connectivity index (χ2n) is 5.39. The molecule has 1 aliphatic rings. The molecular formula is C16H21NO6. The molecule has 7 heteroatoms. The monoisotopic (exact) mass is 323 g/mol. The molecule has 1 aliphatic heterocycles. The van der Waals surface area contributed by atoms with Crippen molar-refractivity contribution < 1.29 is 28.9 Å². The molecule has 2 rings (SSSR count). The molecule has 23 heavy (non-hydrogen) atoms. The van der Waals surface area contributed by atoms with Gasteiger partial charge in [0, 0.05) is 33.2 Å². The third-order valence-corrected chi connectivity index (χ3v) is 3.96. The molecule has 7 nitrogen and oxygen atoms in total. The number of carboxylic acids is 1. The maximum Gasteiger partial charge on any atom is 0.410 e. The minimum absolute atomic E-state index is 0.0802. The molecule has 126 valence electrons. The Morgan fingerprint density at radius 2 is 1.87 bits per heavy atom. The summed E-state index contributed by atoms with van der Waals surface area (Å²) in [6.45, 7) is 0.449. The van der Waals surface area contributed by atoms with Gasteiger partial charge in [0.2, 0.25) is 0 Å². The number of ether oxygens (including phenoxy) is 3. The van der Waals surface area contributed by atoms with Crippen molar-refractivity contribution in [2.75, 3.05) is 27.3 Å². The van der Waals surface area contributed by atoms with Gasteiger partial charge in [0.1, 0.15) is 6.61 Å². The first-order valence-electron chi connectivity index (χ1n) is 7.30. The van der Waals surface area contributed by atoms with Gasteiger partial charge < -0.3 is 24.2 Å². The summed E-state index contributed by atoms with van der Waals surface area (Å²) in [5, 5.41) is 9.34. The molecule has 1 heterocycles. The van der Waals surface area contributed by atoms with E-state index < -0.39 is 30.2 Å². The highest BCUT2D eigenvalue weighted by molar-refractivity contribution is 5.74. The number of nitrogens with zero attached hydrogens (tertiary/aromatic N) is 1. The van der Waals surface area contributed by atoms with Crippen molar-refractivity contribution in [2.24, 2.45) is 11.8 Å². The zero-order valence-corrected chi connectivity index (χ0v) is 13.2. The number of hydrogen-bond acceptors (Lipinski definition) is 5. The van der Waals surface area contributed by atoms with Gasteiger partial charge in [-0.25, -0.2) is 4.79 Å². The molecule has 0 aromatic heterocycles. The Morgan fingerprint density at radius 1 is 1.22 bits per heavy atom. The number of carbonyl (C=O) groups excluding carboxylic acids is 1. The summed E-state index contributed by atoms with van der Waals surface area (Å²) in [7, 11) is 2.90. The van der Waals surface area contributed by atoms with E-state index in [0.717, 1.165) is 5.56 Å². The predicted molar refractivity (Wildman–Crippen MR) is 80.6 cm³/mol. The van der Waals surface area contributed by atoms with E-state index >= 15 is 0 Å². The number of methoxy groups -OCH3 is 2. The summed E-state index contributed by atoms with van der Waals surface area (Å²) < 4.78 is 15.6. The van der Waals surface area contributed by atoms with Crippen molar-refractivity contribution in [1.29, 1.82) is 0 Å². The molecule has 1 amide bonds. The predicted octanol–water partition coefficient (Wildman–Crippen LogP) is 1.57. The minimum Gasteiger partial charge on any atom is -0.481 e. The minimum atomic E-state index is -0.979. The maximum atomic E-state index is 12.2. The van der Waals surface area contributed by atoms with Crippen LogP contribution in [-0.4, -0.2) is 55.7 Å². The van der Waals surface area contributed by atoms with Crippen LogP contribution in [0.3, 0.4) is 0 Å². The molecule has 0 aliphatic carbocycles.